The minimum absolute atomic E-state index is 0.147. The van der Waals surface area contributed by atoms with Crippen molar-refractivity contribution >= 4 is 11.9 Å². The van der Waals surface area contributed by atoms with E-state index in [1.54, 1.807) is 23.1 Å². The smallest absolute Gasteiger partial charge is 0.335 e. The molecule has 0 spiro atoms. The highest BCUT2D eigenvalue weighted by Crippen LogP contribution is 2.33. The lowest BCUT2D eigenvalue weighted by atomic mass is 9.88. The maximum atomic E-state index is 12.7. The number of ether oxygens (including phenoxy) is 1. The van der Waals surface area contributed by atoms with E-state index in [9.17, 15) is 9.59 Å². The summed E-state index contributed by atoms with van der Waals surface area (Å²) >= 11 is 0. The van der Waals surface area contributed by atoms with Gasteiger partial charge in [-0.1, -0.05) is 38.1 Å². The Morgan fingerprint density at radius 3 is 2.52 bits per heavy atom. The number of hydrogen-bond donors (Lipinski definition) is 0. The molecule has 0 aliphatic carbocycles. The first kappa shape index (κ1) is 15.3. The molecule has 21 heavy (non-hydrogen) atoms. The zero-order chi connectivity index (χ0) is 15.5. The van der Waals surface area contributed by atoms with Gasteiger partial charge in [0.2, 0.25) is 0 Å². The molecule has 1 aliphatic heterocycles. The second-order valence-electron chi connectivity index (χ2n) is 5.70. The molecule has 0 aromatic heterocycles. The average molecular weight is 287 g/mol. The number of carbonyl (C=O) groups is 2. The Bertz CT molecular complexity index is 550. The van der Waals surface area contributed by atoms with Crippen LogP contribution < -0.4 is 0 Å². The van der Waals surface area contributed by atoms with Crippen LogP contribution in [0, 0.1) is 5.92 Å². The van der Waals surface area contributed by atoms with Gasteiger partial charge in [-0.3, -0.25) is 4.79 Å². The Hall–Kier alpha value is -2.10. The molecular formula is C17H21NO3. The van der Waals surface area contributed by atoms with Crippen molar-refractivity contribution in [2.75, 3.05) is 13.7 Å². The maximum absolute atomic E-state index is 12.7. The lowest BCUT2D eigenvalue weighted by Gasteiger charge is -2.36. The van der Waals surface area contributed by atoms with E-state index in [0.29, 0.717) is 18.5 Å². The number of benzene rings is 1. The zero-order valence-corrected chi connectivity index (χ0v) is 12.7. The molecular weight excluding hydrogens is 266 g/mol. The van der Waals surface area contributed by atoms with Gasteiger partial charge in [0.05, 0.1) is 7.11 Å². The minimum atomic E-state index is -0.990. The van der Waals surface area contributed by atoms with Gasteiger partial charge < -0.3 is 9.64 Å². The van der Waals surface area contributed by atoms with Gasteiger partial charge in [0, 0.05) is 12.1 Å². The summed E-state index contributed by atoms with van der Waals surface area (Å²) in [5.74, 6) is -0.265. The summed E-state index contributed by atoms with van der Waals surface area (Å²) in [5.41, 5.74) is -0.409. The number of nitrogens with zero attached hydrogens (tertiary/aromatic N) is 1. The van der Waals surface area contributed by atoms with Crippen LogP contribution in [0.5, 0.6) is 0 Å². The van der Waals surface area contributed by atoms with Crippen molar-refractivity contribution in [3.05, 3.63) is 48.0 Å². The van der Waals surface area contributed by atoms with Gasteiger partial charge in [-0.2, -0.15) is 0 Å². The van der Waals surface area contributed by atoms with E-state index >= 15 is 0 Å². The number of amides is 1. The van der Waals surface area contributed by atoms with E-state index in [4.69, 9.17) is 4.74 Å². The molecule has 1 unspecified atom stereocenters. The van der Waals surface area contributed by atoms with Crippen molar-refractivity contribution in [2.24, 2.45) is 5.92 Å². The summed E-state index contributed by atoms with van der Waals surface area (Å²) in [5, 5.41) is 0. The average Bonchev–Trinajstić information content (AvgIpc) is 2.90. The van der Waals surface area contributed by atoms with Crippen molar-refractivity contribution in [1.29, 1.82) is 0 Å². The Labute approximate surface area is 125 Å². The summed E-state index contributed by atoms with van der Waals surface area (Å²) in [7, 11) is 1.36. The highest BCUT2D eigenvalue weighted by atomic mass is 16.5. The van der Waals surface area contributed by atoms with Crippen LogP contribution in [-0.4, -0.2) is 36.0 Å². The molecule has 0 bridgehead atoms. The quantitative estimate of drug-likeness (QED) is 0.632. The van der Waals surface area contributed by atoms with Crippen LogP contribution in [0.25, 0.3) is 0 Å². The number of rotatable bonds is 4. The molecule has 1 heterocycles. The van der Waals surface area contributed by atoms with Crippen LogP contribution >= 0.6 is 0 Å². The second kappa shape index (κ2) is 6.12. The van der Waals surface area contributed by atoms with Crippen molar-refractivity contribution in [3.63, 3.8) is 0 Å². The van der Waals surface area contributed by atoms with E-state index in [1.165, 1.54) is 7.11 Å². The summed E-state index contributed by atoms with van der Waals surface area (Å²) in [6.07, 6.45) is 4.22. The molecule has 1 aromatic carbocycles. The van der Waals surface area contributed by atoms with Crippen LogP contribution in [0.4, 0.5) is 0 Å². The molecule has 4 nitrogen and oxygen atoms in total. The standard InChI is InChI=1S/C17H21NO3/c1-13(2)12-17(16(20)21-3)10-7-11-18(17)15(19)14-8-5-4-6-9-14/h4-10,13H,11-12H2,1-3H3. The fourth-order valence-electron chi connectivity index (χ4n) is 2.85. The Balaban J connectivity index is 2.37. The molecule has 2 rings (SSSR count). The molecule has 4 heteroatoms. The first-order valence-electron chi connectivity index (χ1n) is 7.14. The lowest BCUT2D eigenvalue weighted by molar-refractivity contribution is -0.150. The monoisotopic (exact) mass is 287 g/mol. The molecule has 1 aromatic rings. The van der Waals surface area contributed by atoms with Gasteiger partial charge in [0.25, 0.3) is 5.91 Å². The largest absolute Gasteiger partial charge is 0.467 e. The van der Waals surface area contributed by atoms with E-state index < -0.39 is 5.54 Å². The van der Waals surface area contributed by atoms with Crippen molar-refractivity contribution in [3.8, 4) is 0 Å². The molecule has 1 atom stereocenters. The molecule has 1 aliphatic rings. The fraction of sp³-hybridized carbons (Fsp3) is 0.412. The summed E-state index contributed by atoms with van der Waals surface area (Å²) in [6.45, 7) is 4.49. The Morgan fingerprint density at radius 2 is 1.95 bits per heavy atom. The molecule has 0 saturated carbocycles. The van der Waals surface area contributed by atoms with Crippen LogP contribution in [0.15, 0.2) is 42.5 Å². The third-order valence-corrected chi connectivity index (χ3v) is 3.69. The van der Waals surface area contributed by atoms with Gasteiger partial charge in [0.15, 0.2) is 5.54 Å². The zero-order valence-electron chi connectivity index (χ0n) is 12.7. The Kier molecular flexibility index (Phi) is 4.46. The third kappa shape index (κ3) is 2.84. The minimum Gasteiger partial charge on any atom is -0.467 e. The molecule has 112 valence electrons. The third-order valence-electron chi connectivity index (χ3n) is 3.69. The highest BCUT2D eigenvalue weighted by Gasteiger charge is 2.48. The van der Waals surface area contributed by atoms with E-state index in [1.807, 2.05) is 38.1 Å². The van der Waals surface area contributed by atoms with Gasteiger partial charge >= 0.3 is 5.97 Å². The van der Waals surface area contributed by atoms with Gasteiger partial charge in [-0.15, -0.1) is 0 Å². The molecule has 0 fully saturated rings. The summed E-state index contributed by atoms with van der Waals surface area (Å²) in [6, 6.07) is 9.02. The molecule has 0 saturated heterocycles. The van der Waals surface area contributed by atoms with E-state index in [0.717, 1.165) is 0 Å². The van der Waals surface area contributed by atoms with Crippen LogP contribution in [0.1, 0.15) is 30.6 Å². The first-order chi connectivity index (χ1) is 10.0. The first-order valence-corrected chi connectivity index (χ1v) is 7.14. The van der Waals surface area contributed by atoms with E-state index in [-0.39, 0.29) is 17.8 Å². The number of hydrogen-bond acceptors (Lipinski definition) is 3. The summed E-state index contributed by atoms with van der Waals surface area (Å²) in [4.78, 5) is 26.7. The van der Waals surface area contributed by atoms with Gasteiger partial charge in [0.1, 0.15) is 0 Å². The van der Waals surface area contributed by atoms with Crippen molar-refractivity contribution in [2.45, 2.75) is 25.8 Å². The van der Waals surface area contributed by atoms with Crippen molar-refractivity contribution in [1.82, 2.24) is 4.90 Å². The predicted octanol–water partition coefficient (Wildman–Crippen LogP) is 2.66. The maximum Gasteiger partial charge on any atom is 0.335 e. The predicted molar refractivity (Wildman–Crippen MR) is 80.8 cm³/mol. The normalized spacial score (nSPS) is 20.9. The van der Waals surface area contributed by atoms with Crippen LogP contribution in [0.2, 0.25) is 0 Å². The topological polar surface area (TPSA) is 46.6 Å². The van der Waals surface area contributed by atoms with Crippen LogP contribution in [-0.2, 0) is 9.53 Å². The highest BCUT2D eigenvalue weighted by molar-refractivity contribution is 5.99. The molecule has 0 N–H and O–H groups in total. The SMILES string of the molecule is COC(=O)C1(CC(C)C)C=CCN1C(=O)c1ccccc1. The summed E-state index contributed by atoms with van der Waals surface area (Å²) < 4.78 is 4.97. The Morgan fingerprint density at radius 1 is 1.29 bits per heavy atom. The second-order valence-corrected chi connectivity index (χ2v) is 5.70. The molecule has 1 amide bonds. The van der Waals surface area contributed by atoms with Gasteiger partial charge in [-0.05, 0) is 30.5 Å². The molecule has 0 radical (unpaired) electrons. The number of methoxy groups -OCH3 is 1. The van der Waals surface area contributed by atoms with E-state index in [2.05, 4.69) is 0 Å². The van der Waals surface area contributed by atoms with Gasteiger partial charge in [-0.25, -0.2) is 4.79 Å². The lowest BCUT2D eigenvalue weighted by Crippen LogP contribution is -2.54. The fourth-order valence-corrected chi connectivity index (χ4v) is 2.85. The van der Waals surface area contributed by atoms with Crippen molar-refractivity contribution < 1.29 is 14.3 Å². The van der Waals surface area contributed by atoms with Crippen LogP contribution in [0.3, 0.4) is 0 Å². The number of carbonyl (C=O) groups excluding carboxylic acids is 2. The number of esters is 1.